The first-order valence-electron chi connectivity index (χ1n) is 8.76. The molecule has 0 aliphatic rings. The van der Waals surface area contributed by atoms with Gasteiger partial charge in [-0.15, -0.1) is 0 Å². The van der Waals surface area contributed by atoms with Crippen LogP contribution in [0.3, 0.4) is 0 Å². The van der Waals surface area contributed by atoms with E-state index < -0.39 is 0 Å². The molecule has 4 rings (SSSR count). The van der Waals surface area contributed by atoms with Gasteiger partial charge >= 0.3 is 0 Å². The number of rotatable bonds is 3. The van der Waals surface area contributed by atoms with Crippen LogP contribution < -0.4 is 0 Å². The highest BCUT2D eigenvalue weighted by atomic mass is 14.7. The molecule has 0 atom stereocenters. The number of pyridine rings is 2. The highest BCUT2D eigenvalue weighted by molar-refractivity contribution is 5.69. The number of hydrogen-bond donors (Lipinski definition) is 0. The number of nitrogens with zero attached hydrogens (tertiary/aromatic N) is 2. The van der Waals surface area contributed by atoms with E-state index in [1.165, 1.54) is 11.1 Å². The molecule has 0 saturated carbocycles. The van der Waals surface area contributed by atoms with E-state index >= 15 is 0 Å². The van der Waals surface area contributed by atoms with E-state index in [0.717, 1.165) is 33.6 Å². The van der Waals surface area contributed by atoms with Gasteiger partial charge in [0.2, 0.25) is 0 Å². The molecule has 2 aromatic carbocycles. The minimum atomic E-state index is 0.988. The molecule has 2 aromatic heterocycles. The molecule has 0 N–H and O–H groups in total. The molecule has 0 unspecified atom stereocenters. The summed E-state index contributed by atoms with van der Waals surface area (Å²) >= 11 is 0. The average Bonchev–Trinajstić information content (AvgIpc) is 2.68. The smallest absolute Gasteiger partial charge is 0.0702 e. The third-order valence-electron chi connectivity index (χ3n) is 4.49. The summed E-state index contributed by atoms with van der Waals surface area (Å²) in [5.41, 5.74) is 8.89. The molecule has 0 saturated heterocycles. The Labute approximate surface area is 154 Å². The van der Waals surface area contributed by atoms with Crippen LogP contribution in [0, 0.1) is 13.8 Å². The van der Waals surface area contributed by atoms with Crippen molar-refractivity contribution in [3.05, 3.63) is 96.3 Å². The number of aryl methyl sites for hydroxylation is 2. The van der Waals surface area contributed by atoms with Crippen molar-refractivity contribution >= 4 is 0 Å². The monoisotopic (exact) mass is 336 g/mol. The standard InChI is InChI=1S/C24H20N2/c1-17-5-3-7-19(13-17)23-11-9-21(15-25-23)22-10-12-24(26-16-22)20-8-4-6-18(2)14-20/h3-16H,1-2H3. The summed E-state index contributed by atoms with van der Waals surface area (Å²) in [6.45, 7) is 4.19. The quantitative estimate of drug-likeness (QED) is 0.452. The van der Waals surface area contributed by atoms with E-state index in [1.54, 1.807) is 0 Å². The maximum Gasteiger partial charge on any atom is 0.0702 e. The lowest BCUT2D eigenvalue weighted by atomic mass is 10.0. The molecule has 0 aliphatic carbocycles. The lowest BCUT2D eigenvalue weighted by molar-refractivity contribution is 1.29. The van der Waals surface area contributed by atoms with Crippen LogP contribution in [0.15, 0.2) is 85.2 Å². The molecule has 2 nitrogen and oxygen atoms in total. The zero-order valence-electron chi connectivity index (χ0n) is 15.0. The molecule has 4 aromatic rings. The van der Waals surface area contributed by atoms with Crippen molar-refractivity contribution in [3.8, 4) is 33.6 Å². The van der Waals surface area contributed by atoms with Gasteiger partial charge in [-0.25, -0.2) is 0 Å². The molecule has 126 valence electrons. The fraction of sp³-hybridized carbons (Fsp3) is 0.0833. The van der Waals surface area contributed by atoms with Crippen molar-refractivity contribution in [2.75, 3.05) is 0 Å². The van der Waals surface area contributed by atoms with Crippen LogP contribution in [0.1, 0.15) is 11.1 Å². The fourth-order valence-corrected chi connectivity index (χ4v) is 3.08. The molecule has 2 heteroatoms. The van der Waals surface area contributed by atoms with Crippen LogP contribution in [0.4, 0.5) is 0 Å². The number of hydrogen-bond acceptors (Lipinski definition) is 2. The van der Waals surface area contributed by atoms with Crippen LogP contribution >= 0.6 is 0 Å². The summed E-state index contributed by atoms with van der Waals surface area (Å²) in [7, 11) is 0. The Morgan fingerprint density at radius 1 is 0.500 bits per heavy atom. The van der Waals surface area contributed by atoms with Gasteiger partial charge < -0.3 is 0 Å². The molecular weight excluding hydrogens is 316 g/mol. The molecule has 0 fully saturated rings. The van der Waals surface area contributed by atoms with Crippen LogP contribution in [0.2, 0.25) is 0 Å². The van der Waals surface area contributed by atoms with Gasteiger partial charge in [0.25, 0.3) is 0 Å². The first-order valence-corrected chi connectivity index (χ1v) is 8.76. The second-order valence-electron chi connectivity index (χ2n) is 6.60. The zero-order chi connectivity index (χ0) is 17.9. The van der Waals surface area contributed by atoms with E-state index in [-0.39, 0.29) is 0 Å². The highest BCUT2D eigenvalue weighted by Gasteiger charge is 2.04. The van der Waals surface area contributed by atoms with Crippen molar-refractivity contribution in [2.24, 2.45) is 0 Å². The van der Waals surface area contributed by atoms with Crippen LogP contribution in [0.5, 0.6) is 0 Å². The third kappa shape index (κ3) is 3.40. The highest BCUT2D eigenvalue weighted by Crippen LogP contribution is 2.25. The Hall–Kier alpha value is -3.26. The molecular formula is C24H20N2. The van der Waals surface area contributed by atoms with Crippen molar-refractivity contribution in [2.45, 2.75) is 13.8 Å². The lowest BCUT2D eigenvalue weighted by Gasteiger charge is -2.06. The van der Waals surface area contributed by atoms with Gasteiger partial charge in [0, 0.05) is 34.6 Å². The Bertz CT molecular complexity index is 945. The van der Waals surface area contributed by atoms with E-state index in [0.29, 0.717) is 0 Å². The van der Waals surface area contributed by atoms with Gasteiger partial charge in [-0.1, -0.05) is 59.7 Å². The second-order valence-corrected chi connectivity index (χ2v) is 6.60. The molecule has 0 bridgehead atoms. The van der Waals surface area contributed by atoms with E-state index in [1.807, 2.05) is 12.4 Å². The van der Waals surface area contributed by atoms with E-state index in [4.69, 9.17) is 0 Å². The Balaban J connectivity index is 1.60. The Kier molecular flexibility index (Phi) is 4.32. The average molecular weight is 336 g/mol. The van der Waals surface area contributed by atoms with Crippen LogP contribution in [0.25, 0.3) is 33.6 Å². The lowest BCUT2D eigenvalue weighted by Crippen LogP contribution is -1.88. The van der Waals surface area contributed by atoms with Crippen molar-refractivity contribution in [3.63, 3.8) is 0 Å². The van der Waals surface area contributed by atoms with Gasteiger partial charge in [-0.05, 0) is 38.1 Å². The predicted molar refractivity (Wildman–Crippen MR) is 108 cm³/mol. The van der Waals surface area contributed by atoms with Crippen LogP contribution in [-0.4, -0.2) is 9.97 Å². The molecule has 0 radical (unpaired) electrons. The predicted octanol–water partition coefficient (Wildman–Crippen LogP) is 6.09. The summed E-state index contributed by atoms with van der Waals surface area (Å²) in [5, 5.41) is 0. The fourth-order valence-electron chi connectivity index (χ4n) is 3.08. The summed E-state index contributed by atoms with van der Waals surface area (Å²) < 4.78 is 0. The van der Waals surface area contributed by atoms with Gasteiger partial charge in [0.05, 0.1) is 11.4 Å². The molecule has 26 heavy (non-hydrogen) atoms. The molecule has 0 spiro atoms. The zero-order valence-corrected chi connectivity index (χ0v) is 15.0. The van der Waals surface area contributed by atoms with Crippen molar-refractivity contribution in [1.29, 1.82) is 0 Å². The second kappa shape index (κ2) is 6.93. The topological polar surface area (TPSA) is 25.8 Å². The molecule has 0 aliphatic heterocycles. The minimum Gasteiger partial charge on any atom is -0.256 e. The summed E-state index contributed by atoms with van der Waals surface area (Å²) in [4.78, 5) is 9.26. The number of aromatic nitrogens is 2. The third-order valence-corrected chi connectivity index (χ3v) is 4.49. The summed E-state index contributed by atoms with van der Waals surface area (Å²) in [5.74, 6) is 0. The van der Waals surface area contributed by atoms with Crippen molar-refractivity contribution < 1.29 is 0 Å². The van der Waals surface area contributed by atoms with Crippen LogP contribution in [-0.2, 0) is 0 Å². The summed E-state index contributed by atoms with van der Waals surface area (Å²) in [6, 6.07) is 25.2. The first kappa shape index (κ1) is 16.2. The van der Waals surface area contributed by atoms with Gasteiger partial charge in [0.1, 0.15) is 0 Å². The SMILES string of the molecule is Cc1cccc(-c2ccc(-c3ccc(-c4cccc(C)c4)nc3)cn2)c1. The largest absolute Gasteiger partial charge is 0.256 e. The minimum absolute atomic E-state index is 0.988. The van der Waals surface area contributed by atoms with Crippen molar-refractivity contribution in [1.82, 2.24) is 9.97 Å². The van der Waals surface area contributed by atoms with Gasteiger partial charge in [-0.2, -0.15) is 0 Å². The normalized spacial score (nSPS) is 10.7. The number of benzene rings is 2. The maximum absolute atomic E-state index is 4.63. The maximum atomic E-state index is 4.63. The Morgan fingerprint density at radius 2 is 0.962 bits per heavy atom. The van der Waals surface area contributed by atoms with Gasteiger partial charge in [-0.3, -0.25) is 9.97 Å². The van der Waals surface area contributed by atoms with E-state index in [2.05, 4.69) is 96.6 Å². The Morgan fingerprint density at radius 3 is 1.31 bits per heavy atom. The van der Waals surface area contributed by atoms with Gasteiger partial charge in [0.15, 0.2) is 0 Å². The summed E-state index contributed by atoms with van der Waals surface area (Å²) in [6.07, 6.45) is 3.84. The molecule has 2 heterocycles. The van der Waals surface area contributed by atoms with E-state index in [9.17, 15) is 0 Å². The first-order chi connectivity index (χ1) is 12.7. The molecule has 0 amide bonds.